The molecule has 0 aromatic heterocycles. The van der Waals surface area contributed by atoms with Crippen molar-refractivity contribution in [3.05, 3.63) is 0 Å². The molecule has 0 radical (unpaired) electrons. The Bertz CT molecular complexity index is 252. The van der Waals surface area contributed by atoms with Crippen LogP contribution in [0.3, 0.4) is 0 Å². The van der Waals surface area contributed by atoms with Crippen LogP contribution in [0.25, 0.3) is 0 Å². The Morgan fingerprint density at radius 2 is 1.22 bits per heavy atom. The summed E-state index contributed by atoms with van der Waals surface area (Å²) in [5, 5.41) is 0. The van der Waals surface area contributed by atoms with Crippen molar-refractivity contribution in [2.75, 3.05) is 26.2 Å². The largest absolute Gasteiger partial charge is 0.323 e. The molecule has 3 fully saturated rings. The van der Waals surface area contributed by atoms with Crippen molar-refractivity contribution in [3.63, 3.8) is 0 Å². The minimum absolute atomic E-state index is 0.997. The Kier molecular flexibility index (Phi) is 4.25. The van der Waals surface area contributed by atoms with Gasteiger partial charge < -0.3 is 9.80 Å². The number of piperazine rings is 1. The number of rotatable bonds is 2. The first-order valence-electron chi connectivity index (χ1n) is 8.52. The van der Waals surface area contributed by atoms with E-state index in [4.69, 9.17) is 0 Å². The molecule has 0 unspecified atom stereocenters. The zero-order chi connectivity index (χ0) is 12.4. The van der Waals surface area contributed by atoms with Gasteiger partial charge in [-0.2, -0.15) is 0 Å². The van der Waals surface area contributed by atoms with E-state index >= 15 is 0 Å². The molecule has 0 spiro atoms. The molecule has 2 atom stereocenters. The van der Waals surface area contributed by atoms with Gasteiger partial charge in [0.15, 0.2) is 0 Å². The molecular formula is C16H32N2+2. The molecule has 1 saturated heterocycles. The summed E-state index contributed by atoms with van der Waals surface area (Å²) >= 11 is 0. The van der Waals surface area contributed by atoms with Gasteiger partial charge in [-0.1, -0.05) is 13.3 Å². The van der Waals surface area contributed by atoms with Gasteiger partial charge >= 0.3 is 0 Å². The zero-order valence-corrected chi connectivity index (χ0v) is 12.2. The summed E-state index contributed by atoms with van der Waals surface area (Å²) in [5.41, 5.74) is 0. The standard InChI is InChI=1S/C16H30N2/c1-14-5-4-8-16(13-14)18-11-9-17(10-12-18)15-6-2-3-7-15/h14-16H,2-13H2,1H3/p+2/t14-,16-/m1/s1. The minimum Gasteiger partial charge on any atom is -0.323 e. The van der Waals surface area contributed by atoms with Crippen molar-refractivity contribution in [3.8, 4) is 0 Å². The minimum atomic E-state index is 0.997. The van der Waals surface area contributed by atoms with E-state index in [0.717, 1.165) is 18.0 Å². The lowest BCUT2D eigenvalue weighted by molar-refractivity contribution is -1.03. The van der Waals surface area contributed by atoms with E-state index in [9.17, 15) is 0 Å². The maximum atomic E-state index is 2.46. The molecule has 2 nitrogen and oxygen atoms in total. The molecule has 1 aliphatic heterocycles. The van der Waals surface area contributed by atoms with Crippen LogP contribution < -0.4 is 9.80 Å². The first kappa shape index (κ1) is 12.9. The fraction of sp³-hybridized carbons (Fsp3) is 1.00. The molecule has 0 aromatic rings. The van der Waals surface area contributed by atoms with E-state index in [1.807, 2.05) is 9.80 Å². The molecule has 1 heterocycles. The normalized spacial score (nSPS) is 43.2. The molecule has 0 bridgehead atoms. The second kappa shape index (κ2) is 5.92. The molecule has 104 valence electrons. The molecule has 2 aliphatic carbocycles. The molecule has 2 heteroatoms. The van der Waals surface area contributed by atoms with Crippen molar-refractivity contribution < 1.29 is 9.80 Å². The first-order valence-corrected chi connectivity index (χ1v) is 8.52. The summed E-state index contributed by atoms with van der Waals surface area (Å²) in [7, 11) is 0. The fourth-order valence-electron chi connectivity index (χ4n) is 4.85. The van der Waals surface area contributed by atoms with Crippen molar-refractivity contribution >= 4 is 0 Å². The fourth-order valence-corrected chi connectivity index (χ4v) is 4.85. The van der Waals surface area contributed by atoms with E-state index in [0.29, 0.717) is 0 Å². The lowest BCUT2D eigenvalue weighted by atomic mass is 9.86. The predicted octanol–water partition coefficient (Wildman–Crippen LogP) is 0.291. The van der Waals surface area contributed by atoms with Gasteiger partial charge in [-0.3, -0.25) is 0 Å². The highest BCUT2D eigenvalue weighted by atomic mass is 15.3. The predicted molar refractivity (Wildman–Crippen MR) is 75.1 cm³/mol. The Balaban J connectivity index is 1.47. The van der Waals surface area contributed by atoms with Crippen molar-refractivity contribution in [1.82, 2.24) is 0 Å². The summed E-state index contributed by atoms with van der Waals surface area (Å²) in [6.45, 7) is 8.31. The lowest BCUT2D eigenvalue weighted by Crippen LogP contribution is -3.31. The quantitative estimate of drug-likeness (QED) is 0.699. The maximum absolute atomic E-state index is 2.46. The van der Waals surface area contributed by atoms with Gasteiger partial charge in [-0.25, -0.2) is 0 Å². The van der Waals surface area contributed by atoms with Gasteiger partial charge in [0.05, 0.1) is 12.1 Å². The number of hydrogen-bond donors (Lipinski definition) is 2. The average Bonchev–Trinajstić information content (AvgIpc) is 2.93. The third kappa shape index (κ3) is 2.91. The van der Waals surface area contributed by atoms with Crippen LogP contribution in [0.5, 0.6) is 0 Å². The number of nitrogens with one attached hydrogen (secondary N) is 2. The van der Waals surface area contributed by atoms with Gasteiger partial charge in [0, 0.05) is 6.42 Å². The Hall–Kier alpha value is -0.0800. The molecular weight excluding hydrogens is 220 g/mol. The van der Waals surface area contributed by atoms with E-state index in [-0.39, 0.29) is 0 Å². The zero-order valence-electron chi connectivity index (χ0n) is 12.2. The number of hydrogen-bond acceptors (Lipinski definition) is 0. The van der Waals surface area contributed by atoms with Crippen LogP contribution in [0.4, 0.5) is 0 Å². The van der Waals surface area contributed by atoms with Crippen LogP contribution in [0.15, 0.2) is 0 Å². The molecule has 2 N–H and O–H groups in total. The second-order valence-electron chi connectivity index (χ2n) is 7.27. The van der Waals surface area contributed by atoms with E-state index in [2.05, 4.69) is 6.92 Å². The highest BCUT2D eigenvalue weighted by Crippen LogP contribution is 2.22. The van der Waals surface area contributed by atoms with Crippen LogP contribution in [0, 0.1) is 5.92 Å². The Morgan fingerprint density at radius 1 is 0.667 bits per heavy atom. The van der Waals surface area contributed by atoms with Gasteiger partial charge in [0.1, 0.15) is 26.2 Å². The van der Waals surface area contributed by atoms with Crippen LogP contribution in [0.2, 0.25) is 0 Å². The average molecular weight is 252 g/mol. The van der Waals surface area contributed by atoms with Gasteiger partial charge in [-0.05, 0) is 44.4 Å². The lowest BCUT2D eigenvalue weighted by Gasteiger charge is -2.39. The summed E-state index contributed by atoms with van der Waals surface area (Å²) in [4.78, 5) is 3.92. The summed E-state index contributed by atoms with van der Waals surface area (Å²) in [6.07, 6.45) is 12.1. The summed E-state index contributed by atoms with van der Waals surface area (Å²) < 4.78 is 0. The van der Waals surface area contributed by atoms with Gasteiger partial charge in [-0.15, -0.1) is 0 Å². The third-order valence-electron chi connectivity index (χ3n) is 5.98. The van der Waals surface area contributed by atoms with Crippen LogP contribution in [-0.2, 0) is 0 Å². The van der Waals surface area contributed by atoms with E-state index in [1.54, 1.807) is 0 Å². The topological polar surface area (TPSA) is 8.88 Å². The monoisotopic (exact) mass is 252 g/mol. The maximum Gasteiger partial charge on any atom is 0.127 e. The van der Waals surface area contributed by atoms with Crippen LogP contribution in [-0.4, -0.2) is 38.3 Å². The van der Waals surface area contributed by atoms with E-state index < -0.39 is 0 Å². The smallest absolute Gasteiger partial charge is 0.127 e. The second-order valence-corrected chi connectivity index (χ2v) is 7.27. The molecule has 18 heavy (non-hydrogen) atoms. The molecule has 3 rings (SSSR count). The Morgan fingerprint density at radius 3 is 1.83 bits per heavy atom. The van der Waals surface area contributed by atoms with E-state index in [1.165, 1.54) is 77.5 Å². The van der Waals surface area contributed by atoms with Gasteiger partial charge in [0.25, 0.3) is 0 Å². The van der Waals surface area contributed by atoms with Gasteiger partial charge in [0.2, 0.25) is 0 Å². The third-order valence-corrected chi connectivity index (χ3v) is 5.98. The highest BCUT2D eigenvalue weighted by molar-refractivity contribution is 4.70. The van der Waals surface area contributed by atoms with Crippen LogP contribution in [0.1, 0.15) is 58.3 Å². The van der Waals surface area contributed by atoms with Crippen LogP contribution >= 0.6 is 0 Å². The SMILES string of the molecule is C[C@@H]1CCC[C@@H]([NH+]2CC[NH+](C3CCCC3)CC2)C1. The Labute approximate surface area is 113 Å². The molecule has 0 amide bonds. The molecule has 0 aromatic carbocycles. The van der Waals surface area contributed by atoms with Crippen molar-refractivity contribution in [2.45, 2.75) is 70.4 Å². The molecule has 3 aliphatic rings. The van der Waals surface area contributed by atoms with Crippen molar-refractivity contribution in [1.29, 1.82) is 0 Å². The number of quaternary nitrogens is 2. The first-order chi connectivity index (χ1) is 8.83. The summed E-state index contributed by atoms with van der Waals surface area (Å²) in [5.74, 6) is 0.997. The van der Waals surface area contributed by atoms with Crippen molar-refractivity contribution in [2.24, 2.45) is 5.92 Å². The summed E-state index contributed by atoms with van der Waals surface area (Å²) in [6, 6.07) is 2.05. The highest BCUT2D eigenvalue weighted by Gasteiger charge is 2.35. The molecule has 2 saturated carbocycles.